The Labute approximate surface area is 224 Å². The van der Waals surface area contributed by atoms with Crippen LogP contribution in [0, 0.1) is 0 Å². The number of fused-ring (bicyclic) bond motifs is 8. The Kier molecular flexibility index (Phi) is 6.40. The minimum Gasteiger partial charge on any atom is -1.00 e. The van der Waals surface area contributed by atoms with Gasteiger partial charge in [-0.1, -0.05) is 84.4 Å². The first-order chi connectivity index (χ1) is 14.8. The number of aromatic nitrogens is 1. The van der Waals surface area contributed by atoms with Crippen molar-refractivity contribution in [1.82, 2.24) is 4.57 Å². The first-order valence-corrected chi connectivity index (χ1v) is 10.6. The molecule has 1 aliphatic rings. The third-order valence-electron chi connectivity index (χ3n) is 6.97. The van der Waals surface area contributed by atoms with Crippen molar-refractivity contribution in [2.75, 3.05) is 0 Å². The molecule has 0 spiro atoms. The fraction of sp³-hybridized carbons (Fsp3) is 0.0690. The Bertz CT molecular complexity index is 1630. The molecule has 0 N–H and O–H groups in total. The molecular formula is C29H20Cl2NZr. The normalized spacial score (nSPS) is 13.8. The molecule has 0 fully saturated rings. The minimum atomic E-state index is 0. The molecule has 0 bridgehead atoms. The van der Waals surface area contributed by atoms with E-state index in [2.05, 4.69) is 109 Å². The van der Waals surface area contributed by atoms with Gasteiger partial charge in [0.05, 0.1) is 0 Å². The summed E-state index contributed by atoms with van der Waals surface area (Å²) < 4.78 is 2.41. The van der Waals surface area contributed by atoms with Crippen molar-refractivity contribution < 1.29 is 51.0 Å². The second-order valence-corrected chi connectivity index (χ2v) is 8.40. The number of nitrogens with zero attached hydrogens (tertiary/aromatic N) is 1. The summed E-state index contributed by atoms with van der Waals surface area (Å²) in [5, 5.41) is 6.75. The van der Waals surface area contributed by atoms with Gasteiger partial charge in [-0.15, -0.1) is 33.7 Å². The fourth-order valence-electron chi connectivity index (χ4n) is 5.73. The molecule has 159 valence electrons. The van der Waals surface area contributed by atoms with Gasteiger partial charge in [-0.25, -0.2) is 0 Å². The van der Waals surface area contributed by atoms with Crippen molar-refractivity contribution in [2.24, 2.45) is 7.05 Å². The molecule has 0 saturated heterocycles. The summed E-state index contributed by atoms with van der Waals surface area (Å²) in [6, 6.07) is 35.7. The van der Waals surface area contributed by atoms with Gasteiger partial charge in [0.2, 0.25) is 0 Å². The molecule has 5 aromatic carbocycles. The molecule has 0 saturated carbocycles. The first kappa shape index (κ1) is 23.9. The predicted molar refractivity (Wildman–Crippen MR) is 126 cm³/mol. The Morgan fingerprint density at radius 2 is 1.30 bits per heavy atom. The van der Waals surface area contributed by atoms with Gasteiger partial charge < -0.3 is 29.4 Å². The van der Waals surface area contributed by atoms with E-state index >= 15 is 0 Å². The zero-order chi connectivity index (χ0) is 19.8. The van der Waals surface area contributed by atoms with E-state index in [-0.39, 0.29) is 56.9 Å². The summed E-state index contributed by atoms with van der Waals surface area (Å²) in [4.78, 5) is 0. The van der Waals surface area contributed by atoms with Crippen LogP contribution in [0.1, 0.15) is 22.7 Å². The van der Waals surface area contributed by atoms with Crippen molar-refractivity contribution in [1.29, 1.82) is 0 Å². The molecule has 7 rings (SSSR count). The standard InChI is InChI=1S/C29H20N.2ClH.Zr/c1-30-26-16-7-6-13-24(26)28-22-12-5-4-11-21(22)27(29(28)30)23-15-8-14-20-19-10-3-2-9-18(19)17-25(20)23;;;/h2-17,27H,1H3;2*1H;/q-1;;;+3/p-2. The van der Waals surface area contributed by atoms with Crippen LogP contribution < -0.4 is 24.8 Å². The Balaban J connectivity index is 0.000000864. The van der Waals surface area contributed by atoms with Crippen LogP contribution in [0.2, 0.25) is 0 Å². The van der Waals surface area contributed by atoms with Gasteiger partial charge in [0.25, 0.3) is 0 Å². The average molecular weight is 545 g/mol. The van der Waals surface area contributed by atoms with E-state index in [9.17, 15) is 0 Å². The molecule has 1 unspecified atom stereocenters. The molecule has 1 heterocycles. The summed E-state index contributed by atoms with van der Waals surface area (Å²) in [6.45, 7) is 0. The maximum atomic E-state index is 2.41. The number of rotatable bonds is 1. The number of benzene rings is 4. The van der Waals surface area contributed by atoms with E-state index in [1.165, 1.54) is 60.4 Å². The molecule has 0 aliphatic heterocycles. The van der Waals surface area contributed by atoms with Crippen LogP contribution in [0.25, 0.3) is 43.6 Å². The monoisotopic (exact) mass is 542 g/mol. The second kappa shape index (κ2) is 8.84. The van der Waals surface area contributed by atoms with E-state index in [1.807, 2.05) is 0 Å². The zero-order valence-electron chi connectivity index (χ0n) is 18.0. The van der Waals surface area contributed by atoms with Gasteiger partial charge in [0.1, 0.15) is 0 Å². The summed E-state index contributed by atoms with van der Waals surface area (Å²) in [6.07, 6.45) is 0. The van der Waals surface area contributed by atoms with Gasteiger partial charge in [0.15, 0.2) is 0 Å². The molecule has 1 nitrogen and oxygen atoms in total. The van der Waals surface area contributed by atoms with E-state index in [1.54, 1.807) is 0 Å². The van der Waals surface area contributed by atoms with Gasteiger partial charge in [-0.2, -0.15) is 0 Å². The van der Waals surface area contributed by atoms with Crippen LogP contribution in [0.3, 0.4) is 0 Å². The third kappa shape index (κ3) is 3.19. The number of halogens is 2. The maximum absolute atomic E-state index is 2.41. The van der Waals surface area contributed by atoms with Crippen LogP contribution in [-0.4, -0.2) is 4.57 Å². The van der Waals surface area contributed by atoms with Crippen LogP contribution in [0.15, 0.2) is 97.1 Å². The Hall–Kier alpha value is -2.25. The molecule has 33 heavy (non-hydrogen) atoms. The number of hydrogen-bond acceptors (Lipinski definition) is 0. The van der Waals surface area contributed by atoms with Gasteiger partial charge in [-0.3, -0.25) is 0 Å². The Morgan fingerprint density at radius 3 is 2.15 bits per heavy atom. The van der Waals surface area contributed by atoms with Gasteiger partial charge >= 0.3 is 26.2 Å². The average Bonchev–Trinajstić information content (AvgIpc) is 3.43. The third-order valence-corrected chi connectivity index (χ3v) is 6.97. The molecule has 1 aromatic heterocycles. The number of aryl methyl sites for hydroxylation is 1. The summed E-state index contributed by atoms with van der Waals surface area (Å²) in [5.41, 5.74) is 8.32. The molecule has 1 radical (unpaired) electrons. The zero-order valence-corrected chi connectivity index (χ0v) is 22.0. The van der Waals surface area contributed by atoms with Crippen LogP contribution in [0.4, 0.5) is 0 Å². The van der Waals surface area contributed by atoms with Crippen LogP contribution in [0.5, 0.6) is 0 Å². The van der Waals surface area contributed by atoms with Crippen LogP contribution in [-0.2, 0) is 33.3 Å². The van der Waals surface area contributed by atoms with Crippen molar-refractivity contribution in [3.05, 3.63) is 114 Å². The second-order valence-electron chi connectivity index (χ2n) is 8.40. The number of para-hydroxylation sites is 1. The molecule has 1 atom stereocenters. The topological polar surface area (TPSA) is 4.93 Å². The quantitative estimate of drug-likeness (QED) is 0.275. The molecule has 4 heteroatoms. The van der Waals surface area contributed by atoms with E-state index in [0.717, 1.165) is 0 Å². The van der Waals surface area contributed by atoms with E-state index < -0.39 is 0 Å². The maximum Gasteiger partial charge on any atom is 3.00 e. The summed E-state index contributed by atoms with van der Waals surface area (Å²) in [5.74, 6) is 0.245. The smallest absolute Gasteiger partial charge is 1.00 e. The van der Waals surface area contributed by atoms with Crippen molar-refractivity contribution in [2.45, 2.75) is 5.92 Å². The minimum absolute atomic E-state index is 0. The predicted octanol–water partition coefficient (Wildman–Crippen LogP) is 1.37. The Morgan fingerprint density at radius 1 is 0.667 bits per heavy atom. The van der Waals surface area contributed by atoms with Gasteiger partial charge in [-0.05, 0) is 17.2 Å². The molecule has 1 aliphatic carbocycles. The summed E-state index contributed by atoms with van der Waals surface area (Å²) >= 11 is 0. The van der Waals surface area contributed by atoms with E-state index in [4.69, 9.17) is 0 Å². The number of hydrogen-bond donors (Lipinski definition) is 0. The molecule has 0 amide bonds. The molecular weight excluding hydrogens is 524 g/mol. The molecule has 6 aromatic rings. The first-order valence-electron chi connectivity index (χ1n) is 10.6. The summed E-state index contributed by atoms with van der Waals surface area (Å²) in [7, 11) is 2.22. The fourth-order valence-corrected chi connectivity index (χ4v) is 5.73. The van der Waals surface area contributed by atoms with Crippen LogP contribution >= 0.6 is 0 Å². The van der Waals surface area contributed by atoms with Crippen molar-refractivity contribution >= 4 is 32.4 Å². The van der Waals surface area contributed by atoms with E-state index in [0.29, 0.717) is 0 Å². The largest absolute Gasteiger partial charge is 3.00 e. The van der Waals surface area contributed by atoms with Crippen molar-refractivity contribution in [3.63, 3.8) is 0 Å². The SMILES string of the molecule is Cn1c2c(c3ccccc31)-c1ccccc1C2c1cccc2c1[cH-]c1ccccc12.[Cl-].[Cl-].[Zr+3]. The van der Waals surface area contributed by atoms with Crippen molar-refractivity contribution in [3.8, 4) is 11.1 Å². The van der Waals surface area contributed by atoms with Gasteiger partial charge in [0, 0.05) is 35.1 Å².